The minimum absolute atomic E-state index is 0.0280. The number of rotatable bonds is 5. The van der Waals surface area contributed by atoms with Crippen molar-refractivity contribution in [1.29, 1.82) is 0 Å². The Morgan fingerprint density at radius 3 is 2.71 bits per heavy atom. The largest absolute Gasteiger partial charge is 0.455 e. The summed E-state index contributed by atoms with van der Waals surface area (Å²) in [6.07, 6.45) is 0.0280. The second-order valence-corrected chi connectivity index (χ2v) is 7.35. The molecule has 0 saturated carbocycles. The van der Waals surface area contributed by atoms with Crippen molar-refractivity contribution in [2.75, 3.05) is 23.4 Å². The van der Waals surface area contributed by atoms with Crippen LogP contribution in [0.3, 0.4) is 0 Å². The molecule has 2 aromatic carbocycles. The highest BCUT2D eigenvalue weighted by atomic mass is 35.5. The molecule has 2 aromatic rings. The fourth-order valence-corrected chi connectivity index (χ4v) is 3.25. The number of esters is 1. The molecule has 1 atom stereocenters. The lowest BCUT2D eigenvalue weighted by molar-refractivity contribution is -0.151. The van der Waals surface area contributed by atoms with Gasteiger partial charge < -0.3 is 15.0 Å². The number of aryl methyl sites for hydroxylation is 1. The summed E-state index contributed by atoms with van der Waals surface area (Å²) in [6, 6.07) is 11.9. The van der Waals surface area contributed by atoms with Crippen molar-refractivity contribution in [3.05, 3.63) is 58.1 Å². The molecule has 1 fully saturated rings. The van der Waals surface area contributed by atoms with Gasteiger partial charge in [0.15, 0.2) is 6.61 Å². The van der Waals surface area contributed by atoms with Crippen molar-refractivity contribution < 1.29 is 19.1 Å². The summed E-state index contributed by atoms with van der Waals surface area (Å²) in [5, 5.41) is 3.62. The van der Waals surface area contributed by atoms with Crippen LogP contribution in [-0.4, -0.2) is 30.9 Å². The Kier molecular flexibility index (Phi) is 6.21. The number of nitrogens with zero attached hydrogens (tertiary/aromatic N) is 1. The Bertz CT molecular complexity index is 932. The molecule has 1 saturated heterocycles. The van der Waals surface area contributed by atoms with Gasteiger partial charge in [0.1, 0.15) is 0 Å². The van der Waals surface area contributed by atoms with Gasteiger partial charge in [-0.2, -0.15) is 0 Å². The van der Waals surface area contributed by atoms with Gasteiger partial charge in [0, 0.05) is 34.4 Å². The van der Waals surface area contributed by atoms with Gasteiger partial charge >= 0.3 is 5.97 Å². The van der Waals surface area contributed by atoms with Gasteiger partial charge in [-0.05, 0) is 42.8 Å². The van der Waals surface area contributed by atoms with Crippen LogP contribution >= 0.6 is 23.2 Å². The lowest BCUT2D eigenvalue weighted by Gasteiger charge is -2.17. The van der Waals surface area contributed by atoms with Crippen molar-refractivity contribution in [1.82, 2.24) is 0 Å². The topological polar surface area (TPSA) is 75.7 Å². The average Bonchev–Trinajstić information content (AvgIpc) is 3.04. The number of carbonyl (C=O) groups is 3. The smallest absolute Gasteiger partial charge is 0.311 e. The van der Waals surface area contributed by atoms with E-state index in [0.717, 1.165) is 5.56 Å². The molecule has 3 rings (SSSR count). The van der Waals surface area contributed by atoms with Gasteiger partial charge in [0.2, 0.25) is 5.91 Å². The summed E-state index contributed by atoms with van der Waals surface area (Å²) in [6.45, 7) is 1.62. The molecule has 8 heteroatoms. The quantitative estimate of drug-likeness (QED) is 0.745. The minimum atomic E-state index is -0.633. The minimum Gasteiger partial charge on any atom is -0.455 e. The zero-order chi connectivity index (χ0) is 20.3. The predicted octanol–water partition coefficient (Wildman–Crippen LogP) is 3.84. The van der Waals surface area contributed by atoms with Gasteiger partial charge in [0.05, 0.1) is 5.92 Å². The standard InChI is InChI=1S/C20H18Cl2N2O4/c1-12-5-6-16(9-17(12)22)24-10-13(7-19(24)26)20(27)28-11-18(25)23-15-4-2-3-14(21)8-15/h2-6,8-9,13H,7,10-11H2,1H3,(H,23,25)/t13-/m1/s1. The van der Waals surface area contributed by atoms with E-state index in [-0.39, 0.29) is 18.9 Å². The number of benzene rings is 2. The first kappa shape index (κ1) is 20.2. The fraction of sp³-hybridized carbons (Fsp3) is 0.250. The molecule has 0 aromatic heterocycles. The van der Waals surface area contributed by atoms with E-state index in [4.69, 9.17) is 27.9 Å². The number of amides is 2. The highest BCUT2D eigenvalue weighted by Gasteiger charge is 2.36. The molecular formula is C20H18Cl2N2O4. The molecule has 1 aliphatic rings. The number of hydrogen-bond acceptors (Lipinski definition) is 4. The van der Waals surface area contributed by atoms with E-state index in [0.29, 0.717) is 21.4 Å². The third-order valence-electron chi connectivity index (χ3n) is 4.38. The number of carbonyl (C=O) groups excluding carboxylic acids is 3. The average molecular weight is 421 g/mol. The first-order valence-electron chi connectivity index (χ1n) is 8.62. The summed E-state index contributed by atoms with van der Waals surface area (Å²) >= 11 is 12.0. The number of halogens is 2. The Labute approximate surface area is 172 Å². The van der Waals surface area contributed by atoms with Crippen LogP contribution in [0.15, 0.2) is 42.5 Å². The van der Waals surface area contributed by atoms with Crippen molar-refractivity contribution >= 4 is 52.4 Å². The molecule has 0 spiro atoms. The number of nitrogens with one attached hydrogen (secondary N) is 1. The molecule has 2 amide bonds. The second-order valence-electron chi connectivity index (χ2n) is 6.51. The van der Waals surface area contributed by atoms with Crippen LogP contribution in [0, 0.1) is 12.8 Å². The Balaban J connectivity index is 1.54. The third-order valence-corrected chi connectivity index (χ3v) is 5.02. The van der Waals surface area contributed by atoms with Crippen LogP contribution in [0.2, 0.25) is 10.0 Å². The fourth-order valence-electron chi connectivity index (χ4n) is 2.88. The summed E-state index contributed by atoms with van der Waals surface area (Å²) in [4.78, 5) is 38.0. The van der Waals surface area contributed by atoms with Gasteiger partial charge in [-0.1, -0.05) is 35.3 Å². The number of ether oxygens (including phenoxy) is 1. The predicted molar refractivity (Wildman–Crippen MR) is 108 cm³/mol. The zero-order valence-electron chi connectivity index (χ0n) is 15.1. The summed E-state index contributed by atoms with van der Waals surface area (Å²) < 4.78 is 5.08. The zero-order valence-corrected chi connectivity index (χ0v) is 16.6. The van der Waals surface area contributed by atoms with E-state index in [9.17, 15) is 14.4 Å². The summed E-state index contributed by atoms with van der Waals surface area (Å²) in [7, 11) is 0. The number of anilines is 2. The number of hydrogen-bond donors (Lipinski definition) is 1. The highest BCUT2D eigenvalue weighted by Crippen LogP contribution is 2.29. The third kappa shape index (κ3) is 4.82. The van der Waals surface area contributed by atoms with E-state index in [1.54, 1.807) is 36.4 Å². The Morgan fingerprint density at radius 1 is 1.21 bits per heavy atom. The van der Waals surface area contributed by atoms with Crippen LogP contribution in [0.1, 0.15) is 12.0 Å². The molecule has 1 heterocycles. The summed E-state index contributed by atoms with van der Waals surface area (Å²) in [5.74, 6) is -1.89. The molecule has 6 nitrogen and oxygen atoms in total. The lowest BCUT2D eigenvalue weighted by Crippen LogP contribution is -2.28. The van der Waals surface area contributed by atoms with Crippen LogP contribution in [0.5, 0.6) is 0 Å². The molecule has 1 N–H and O–H groups in total. The van der Waals surface area contributed by atoms with E-state index >= 15 is 0 Å². The van der Waals surface area contributed by atoms with Crippen LogP contribution < -0.4 is 10.2 Å². The van der Waals surface area contributed by atoms with E-state index in [2.05, 4.69) is 5.32 Å². The summed E-state index contributed by atoms with van der Waals surface area (Å²) in [5.41, 5.74) is 2.04. The maximum Gasteiger partial charge on any atom is 0.311 e. The highest BCUT2D eigenvalue weighted by molar-refractivity contribution is 6.31. The Morgan fingerprint density at radius 2 is 2.00 bits per heavy atom. The normalized spacial score (nSPS) is 16.2. The van der Waals surface area contributed by atoms with Crippen LogP contribution in [0.4, 0.5) is 11.4 Å². The molecule has 1 aliphatic heterocycles. The van der Waals surface area contributed by atoms with Crippen molar-refractivity contribution in [2.24, 2.45) is 5.92 Å². The van der Waals surface area contributed by atoms with Gasteiger partial charge in [-0.25, -0.2) is 0 Å². The SMILES string of the molecule is Cc1ccc(N2C[C@H](C(=O)OCC(=O)Nc3cccc(Cl)c3)CC2=O)cc1Cl. The molecule has 146 valence electrons. The van der Waals surface area contributed by atoms with Gasteiger partial charge in [0.25, 0.3) is 5.91 Å². The molecular weight excluding hydrogens is 403 g/mol. The molecule has 0 aliphatic carbocycles. The van der Waals surface area contributed by atoms with Gasteiger partial charge in [-0.15, -0.1) is 0 Å². The first-order chi connectivity index (χ1) is 13.3. The first-order valence-corrected chi connectivity index (χ1v) is 9.37. The van der Waals surface area contributed by atoms with E-state index < -0.39 is 24.4 Å². The van der Waals surface area contributed by atoms with E-state index in [1.165, 1.54) is 4.90 Å². The van der Waals surface area contributed by atoms with Crippen LogP contribution in [-0.2, 0) is 19.1 Å². The van der Waals surface area contributed by atoms with Crippen molar-refractivity contribution in [2.45, 2.75) is 13.3 Å². The van der Waals surface area contributed by atoms with Crippen molar-refractivity contribution in [3.8, 4) is 0 Å². The second kappa shape index (κ2) is 8.63. The lowest BCUT2D eigenvalue weighted by atomic mass is 10.1. The van der Waals surface area contributed by atoms with Gasteiger partial charge in [-0.3, -0.25) is 14.4 Å². The Hall–Kier alpha value is -2.57. The van der Waals surface area contributed by atoms with Crippen molar-refractivity contribution in [3.63, 3.8) is 0 Å². The maximum absolute atomic E-state index is 12.3. The molecule has 0 bridgehead atoms. The van der Waals surface area contributed by atoms with Crippen LogP contribution in [0.25, 0.3) is 0 Å². The monoisotopic (exact) mass is 420 g/mol. The molecule has 28 heavy (non-hydrogen) atoms. The molecule has 0 unspecified atom stereocenters. The van der Waals surface area contributed by atoms with E-state index in [1.807, 2.05) is 13.0 Å². The maximum atomic E-state index is 12.3. The molecule has 0 radical (unpaired) electrons.